The van der Waals surface area contributed by atoms with Gasteiger partial charge in [0.2, 0.25) is 11.8 Å². The highest BCUT2D eigenvalue weighted by Crippen LogP contribution is 2.80. The summed E-state index contributed by atoms with van der Waals surface area (Å²) in [5.41, 5.74) is 16.4. The van der Waals surface area contributed by atoms with Crippen LogP contribution in [0.25, 0.3) is 0 Å². The molecule has 0 aromatic heterocycles. The first kappa shape index (κ1) is 16.8. The summed E-state index contributed by atoms with van der Waals surface area (Å²) in [6.07, 6.45) is 6.50. The molecule has 132 valence electrons. The van der Waals surface area contributed by atoms with Crippen LogP contribution in [0, 0.1) is 22.7 Å². The number of hydrogen-bond acceptors (Lipinski definition) is 3. The molecule has 0 radical (unpaired) electrons. The highest BCUT2D eigenvalue weighted by atomic mass is 79.9. The monoisotopic (exact) mass is 403 g/mol. The van der Waals surface area contributed by atoms with Crippen LogP contribution >= 0.6 is 15.9 Å². The second kappa shape index (κ2) is 5.17. The van der Waals surface area contributed by atoms with E-state index in [4.69, 9.17) is 17.2 Å². The van der Waals surface area contributed by atoms with Crippen LogP contribution in [0.4, 0.5) is 0 Å². The molecule has 2 saturated carbocycles. The van der Waals surface area contributed by atoms with Gasteiger partial charge in [-0.1, -0.05) is 40.2 Å². The Labute approximate surface area is 155 Å². The Kier molecular flexibility index (Phi) is 3.48. The van der Waals surface area contributed by atoms with E-state index in [1.54, 1.807) is 0 Å². The van der Waals surface area contributed by atoms with Gasteiger partial charge < -0.3 is 17.2 Å². The number of benzene rings is 1. The Morgan fingerprint density at radius 3 is 2.12 bits per heavy atom. The zero-order chi connectivity index (χ0) is 18.0. The quantitative estimate of drug-likeness (QED) is 0.648. The minimum atomic E-state index is -1.14. The van der Waals surface area contributed by atoms with E-state index < -0.39 is 22.6 Å². The standard InChI is InChI=1S/C19H22BrN3O2/c20-12-3-1-11(2-4-12)19(16(23)25)14-6-5-13(17(14)7-8-17)18(19,9-10-21)15(22)24/h1-6,13-14H,7-10,21H2,(H2,22,24)(H2,23,25)/t13-,14+,18+,19-/m1/s1. The number of primary amides is 2. The van der Waals surface area contributed by atoms with E-state index >= 15 is 0 Å². The van der Waals surface area contributed by atoms with E-state index in [1.807, 2.05) is 24.3 Å². The van der Waals surface area contributed by atoms with Gasteiger partial charge in [0.15, 0.2) is 0 Å². The lowest BCUT2D eigenvalue weighted by molar-refractivity contribution is -0.143. The first-order chi connectivity index (χ1) is 11.9. The number of halogens is 1. The van der Waals surface area contributed by atoms with Crippen LogP contribution in [0.5, 0.6) is 0 Å². The molecule has 4 rings (SSSR count). The average molecular weight is 404 g/mol. The van der Waals surface area contributed by atoms with E-state index in [9.17, 15) is 9.59 Å². The van der Waals surface area contributed by atoms with Gasteiger partial charge in [0.05, 0.1) is 10.8 Å². The molecule has 2 amide bonds. The molecule has 3 aliphatic carbocycles. The van der Waals surface area contributed by atoms with Gasteiger partial charge in [0.1, 0.15) is 0 Å². The average Bonchev–Trinajstić information content (AvgIpc) is 3.23. The number of carbonyl (C=O) groups is 2. The van der Waals surface area contributed by atoms with Crippen LogP contribution < -0.4 is 17.2 Å². The number of allylic oxidation sites excluding steroid dienone is 2. The smallest absolute Gasteiger partial charge is 0.229 e. The van der Waals surface area contributed by atoms with Crippen molar-refractivity contribution >= 4 is 27.7 Å². The lowest BCUT2D eigenvalue weighted by atomic mass is 9.52. The van der Waals surface area contributed by atoms with Crippen molar-refractivity contribution in [2.45, 2.75) is 24.7 Å². The molecule has 0 unspecified atom stereocenters. The van der Waals surface area contributed by atoms with E-state index in [1.165, 1.54) is 0 Å². The maximum absolute atomic E-state index is 13.0. The Bertz CT molecular complexity index is 786. The summed E-state index contributed by atoms with van der Waals surface area (Å²) < 4.78 is 0.902. The maximum atomic E-state index is 13.0. The van der Waals surface area contributed by atoms with Crippen molar-refractivity contribution < 1.29 is 9.59 Å². The first-order valence-corrected chi connectivity index (χ1v) is 9.41. The summed E-state index contributed by atoms with van der Waals surface area (Å²) in [6, 6.07) is 7.52. The molecule has 0 saturated heterocycles. The van der Waals surface area contributed by atoms with Gasteiger partial charge in [-0.25, -0.2) is 0 Å². The molecule has 25 heavy (non-hydrogen) atoms. The minimum Gasteiger partial charge on any atom is -0.369 e. The number of carbonyl (C=O) groups excluding carboxylic acids is 2. The van der Waals surface area contributed by atoms with Crippen LogP contribution in [0.1, 0.15) is 24.8 Å². The van der Waals surface area contributed by atoms with Crippen molar-refractivity contribution in [3.63, 3.8) is 0 Å². The predicted octanol–water partition coefficient (Wildman–Crippen LogP) is 1.59. The third kappa shape index (κ3) is 1.72. The summed E-state index contributed by atoms with van der Waals surface area (Å²) in [5, 5.41) is 0. The molecule has 1 spiro atoms. The van der Waals surface area contributed by atoms with Crippen LogP contribution in [-0.4, -0.2) is 18.4 Å². The van der Waals surface area contributed by atoms with E-state index in [0.717, 1.165) is 22.9 Å². The minimum absolute atomic E-state index is 0.0771. The van der Waals surface area contributed by atoms with Gasteiger partial charge in [0.25, 0.3) is 0 Å². The summed E-state index contributed by atoms with van der Waals surface area (Å²) in [7, 11) is 0. The van der Waals surface area contributed by atoms with E-state index in [0.29, 0.717) is 6.42 Å². The summed E-state index contributed by atoms with van der Waals surface area (Å²) in [5.74, 6) is -1.14. The fourth-order valence-electron chi connectivity index (χ4n) is 6.03. The zero-order valence-electron chi connectivity index (χ0n) is 13.9. The summed E-state index contributed by atoms with van der Waals surface area (Å²) in [4.78, 5) is 25.9. The van der Waals surface area contributed by atoms with Gasteiger partial charge in [-0.3, -0.25) is 9.59 Å². The van der Waals surface area contributed by atoms with Crippen molar-refractivity contribution in [3.05, 3.63) is 46.5 Å². The lowest BCUT2D eigenvalue weighted by Crippen LogP contribution is -2.62. The Hall–Kier alpha value is -1.66. The van der Waals surface area contributed by atoms with Crippen molar-refractivity contribution in [2.75, 3.05) is 6.54 Å². The van der Waals surface area contributed by atoms with Crippen LogP contribution in [0.3, 0.4) is 0 Å². The van der Waals surface area contributed by atoms with Crippen molar-refractivity contribution in [2.24, 2.45) is 39.9 Å². The lowest BCUT2D eigenvalue weighted by Gasteiger charge is -2.48. The van der Waals surface area contributed by atoms with Crippen LogP contribution in [-0.2, 0) is 15.0 Å². The molecule has 6 N–H and O–H groups in total. The van der Waals surface area contributed by atoms with Crippen LogP contribution in [0.2, 0.25) is 0 Å². The molecule has 3 aliphatic rings. The number of amides is 2. The van der Waals surface area contributed by atoms with Crippen molar-refractivity contribution in [1.82, 2.24) is 0 Å². The number of hydrogen-bond donors (Lipinski definition) is 3. The highest BCUT2D eigenvalue weighted by Gasteiger charge is 2.82. The first-order valence-electron chi connectivity index (χ1n) is 8.62. The van der Waals surface area contributed by atoms with Crippen molar-refractivity contribution in [3.8, 4) is 0 Å². The topological polar surface area (TPSA) is 112 Å². The number of rotatable bonds is 5. The molecule has 2 fully saturated rings. The second-order valence-electron chi connectivity index (χ2n) is 7.63. The normalized spacial score (nSPS) is 36.7. The predicted molar refractivity (Wildman–Crippen MR) is 98.1 cm³/mol. The molecule has 4 atom stereocenters. The third-order valence-corrected chi connectivity index (χ3v) is 7.46. The molecule has 0 aliphatic heterocycles. The molecule has 5 nitrogen and oxygen atoms in total. The van der Waals surface area contributed by atoms with Gasteiger partial charge >= 0.3 is 0 Å². The van der Waals surface area contributed by atoms with Gasteiger partial charge in [-0.05, 0) is 54.8 Å². The van der Waals surface area contributed by atoms with E-state index in [-0.39, 0.29) is 23.8 Å². The Balaban J connectivity index is 2.06. The molecule has 1 aromatic carbocycles. The van der Waals surface area contributed by atoms with Crippen molar-refractivity contribution in [1.29, 1.82) is 0 Å². The summed E-state index contributed by atoms with van der Waals surface area (Å²) in [6.45, 7) is 0.279. The molecule has 6 heteroatoms. The second-order valence-corrected chi connectivity index (χ2v) is 8.54. The molecule has 2 bridgehead atoms. The number of nitrogens with two attached hydrogens (primary N) is 3. The Morgan fingerprint density at radius 1 is 1.04 bits per heavy atom. The third-order valence-electron chi connectivity index (χ3n) is 6.93. The van der Waals surface area contributed by atoms with Gasteiger partial charge in [-0.2, -0.15) is 0 Å². The molecular formula is C19H22BrN3O2. The fourth-order valence-corrected chi connectivity index (χ4v) is 6.30. The molecule has 0 heterocycles. The van der Waals surface area contributed by atoms with Gasteiger partial charge in [0, 0.05) is 10.4 Å². The molecular weight excluding hydrogens is 382 g/mol. The SMILES string of the molecule is NCC[C@@]1(C(N)=O)[C@@H]2C=C[C@@H](C23CC3)[C@@]1(C(N)=O)c1ccc(Br)cc1. The molecule has 1 aromatic rings. The highest BCUT2D eigenvalue weighted by molar-refractivity contribution is 9.10. The largest absolute Gasteiger partial charge is 0.369 e. The maximum Gasteiger partial charge on any atom is 0.229 e. The fraction of sp³-hybridized carbons (Fsp3) is 0.474. The Morgan fingerprint density at radius 2 is 1.64 bits per heavy atom. The zero-order valence-corrected chi connectivity index (χ0v) is 15.5. The van der Waals surface area contributed by atoms with Crippen LogP contribution in [0.15, 0.2) is 40.9 Å². The van der Waals surface area contributed by atoms with Gasteiger partial charge in [-0.15, -0.1) is 0 Å². The summed E-state index contributed by atoms with van der Waals surface area (Å²) >= 11 is 3.43. The van der Waals surface area contributed by atoms with E-state index in [2.05, 4.69) is 28.1 Å².